The van der Waals surface area contributed by atoms with Gasteiger partial charge in [0.05, 0.1) is 11.0 Å². The van der Waals surface area contributed by atoms with Gasteiger partial charge in [0, 0.05) is 44.1 Å². The standard InChI is InChI=1S/C47H32N4/c1-47(34-19-9-4-10-20-34)39-23-13-11-22-38(39)42-40(47)30-29-37-36-21-12-14-24-41(36)51(43(37)42)35-27-25-33(26-28-35)46-49-44(31-15-5-2-6-16-31)48-45(50-46)32-17-7-3-8-18-32/h2-30H,1H3. The predicted octanol–water partition coefficient (Wildman–Crippen LogP) is 11.3. The fourth-order valence-corrected chi connectivity index (χ4v) is 8.08. The molecule has 0 fully saturated rings. The maximum absolute atomic E-state index is 4.98. The van der Waals surface area contributed by atoms with Gasteiger partial charge in [0.25, 0.3) is 0 Å². The second-order valence-electron chi connectivity index (χ2n) is 13.4. The molecule has 4 heteroatoms. The van der Waals surface area contributed by atoms with Gasteiger partial charge < -0.3 is 4.57 Å². The van der Waals surface area contributed by atoms with Crippen LogP contribution >= 0.6 is 0 Å². The molecule has 1 aliphatic rings. The van der Waals surface area contributed by atoms with Crippen LogP contribution in [0.5, 0.6) is 0 Å². The third kappa shape index (κ3) is 4.50. The minimum Gasteiger partial charge on any atom is -0.309 e. The van der Waals surface area contributed by atoms with Gasteiger partial charge in [-0.2, -0.15) is 0 Å². The maximum atomic E-state index is 4.98. The van der Waals surface area contributed by atoms with Crippen LogP contribution in [0, 0.1) is 0 Å². The van der Waals surface area contributed by atoms with Crippen LogP contribution in [0.4, 0.5) is 0 Å². The van der Waals surface area contributed by atoms with Gasteiger partial charge in [0.1, 0.15) is 0 Å². The van der Waals surface area contributed by atoms with Gasteiger partial charge in [-0.05, 0) is 59.5 Å². The lowest BCUT2D eigenvalue weighted by Gasteiger charge is -2.28. The highest BCUT2D eigenvalue weighted by molar-refractivity contribution is 6.15. The lowest BCUT2D eigenvalue weighted by molar-refractivity contribution is 0.714. The highest BCUT2D eigenvalue weighted by Gasteiger charge is 2.42. The number of nitrogens with zero attached hydrogens (tertiary/aromatic N) is 4. The maximum Gasteiger partial charge on any atom is 0.164 e. The predicted molar refractivity (Wildman–Crippen MR) is 208 cm³/mol. The van der Waals surface area contributed by atoms with Crippen molar-refractivity contribution in [1.29, 1.82) is 0 Å². The minimum absolute atomic E-state index is 0.280. The molecule has 0 spiro atoms. The monoisotopic (exact) mass is 652 g/mol. The molecule has 0 radical (unpaired) electrons. The fraction of sp³-hybridized carbons (Fsp3) is 0.0426. The second-order valence-corrected chi connectivity index (χ2v) is 13.4. The topological polar surface area (TPSA) is 43.6 Å². The number of hydrogen-bond donors (Lipinski definition) is 0. The van der Waals surface area contributed by atoms with E-state index in [2.05, 4.69) is 127 Å². The zero-order valence-corrected chi connectivity index (χ0v) is 28.0. The van der Waals surface area contributed by atoms with E-state index in [4.69, 9.17) is 15.0 Å². The van der Waals surface area contributed by atoms with Crippen molar-refractivity contribution < 1.29 is 0 Å². The molecule has 51 heavy (non-hydrogen) atoms. The molecule has 0 N–H and O–H groups in total. The van der Waals surface area contributed by atoms with Crippen LogP contribution in [0.1, 0.15) is 23.6 Å². The third-order valence-corrected chi connectivity index (χ3v) is 10.5. The molecule has 240 valence electrons. The number of benzene rings is 7. The minimum atomic E-state index is -0.280. The average molecular weight is 653 g/mol. The first-order valence-electron chi connectivity index (χ1n) is 17.4. The third-order valence-electron chi connectivity index (χ3n) is 10.5. The Hall–Kier alpha value is -6.65. The molecular formula is C47H32N4. The number of rotatable bonds is 5. The fourth-order valence-electron chi connectivity index (χ4n) is 8.08. The smallest absolute Gasteiger partial charge is 0.164 e. The Morgan fingerprint density at radius 1 is 0.431 bits per heavy atom. The summed E-state index contributed by atoms with van der Waals surface area (Å²) in [4.78, 5) is 14.8. The number of fused-ring (bicyclic) bond motifs is 7. The zero-order valence-electron chi connectivity index (χ0n) is 28.0. The quantitative estimate of drug-likeness (QED) is 0.186. The summed E-state index contributed by atoms with van der Waals surface area (Å²) < 4.78 is 2.44. The van der Waals surface area contributed by atoms with E-state index in [0.29, 0.717) is 17.5 Å². The largest absolute Gasteiger partial charge is 0.309 e. The first-order valence-corrected chi connectivity index (χ1v) is 17.4. The van der Waals surface area contributed by atoms with E-state index in [0.717, 1.165) is 22.4 Å². The van der Waals surface area contributed by atoms with Crippen molar-refractivity contribution in [3.8, 4) is 51.0 Å². The molecule has 2 heterocycles. The molecule has 0 aliphatic heterocycles. The van der Waals surface area contributed by atoms with E-state index < -0.39 is 0 Å². The van der Waals surface area contributed by atoms with Crippen molar-refractivity contribution in [3.63, 3.8) is 0 Å². The van der Waals surface area contributed by atoms with Crippen LogP contribution in [0.2, 0.25) is 0 Å². The Bertz CT molecular complexity index is 2680. The first kappa shape index (κ1) is 29.3. The van der Waals surface area contributed by atoms with Crippen LogP contribution in [0.25, 0.3) is 72.8 Å². The summed E-state index contributed by atoms with van der Waals surface area (Å²) in [6.45, 7) is 2.38. The summed E-state index contributed by atoms with van der Waals surface area (Å²) in [6.07, 6.45) is 0. The van der Waals surface area contributed by atoms with E-state index in [1.54, 1.807) is 0 Å². The van der Waals surface area contributed by atoms with Crippen molar-refractivity contribution in [2.45, 2.75) is 12.3 Å². The van der Waals surface area contributed by atoms with Crippen molar-refractivity contribution >= 4 is 21.8 Å². The summed E-state index contributed by atoms with van der Waals surface area (Å²) in [5, 5.41) is 2.49. The Morgan fingerprint density at radius 3 is 1.61 bits per heavy atom. The summed E-state index contributed by atoms with van der Waals surface area (Å²) >= 11 is 0. The van der Waals surface area contributed by atoms with Crippen molar-refractivity contribution in [2.75, 3.05) is 0 Å². The molecule has 1 aliphatic carbocycles. The van der Waals surface area contributed by atoms with Gasteiger partial charge >= 0.3 is 0 Å². The zero-order chi connectivity index (χ0) is 33.9. The van der Waals surface area contributed by atoms with Gasteiger partial charge in [-0.25, -0.2) is 15.0 Å². The average Bonchev–Trinajstić information content (AvgIpc) is 3.69. The molecule has 0 amide bonds. The Balaban J connectivity index is 1.18. The van der Waals surface area contributed by atoms with Crippen LogP contribution in [0.3, 0.4) is 0 Å². The SMILES string of the molecule is CC1(c2ccccc2)c2ccccc2-c2c1ccc1c3ccccc3n(-c3ccc(-c4nc(-c5ccccc5)nc(-c5ccccc5)n4)cc3)c21. The first-order chi connectivity index (χ1) is 25.2. The molecular weight excluding hydrogens is 621 g/mol. The molecule has 7 aromatic carbocycles. The molecule has 2 aromatic heterocycles. The van der Waals surface area contributed by atoms with Crippen LogP contribution in [0.15, 0.2) is 176 Å². The van der Waals surface area contributed by atoms with Crippen molar-refractivity contribution in [3.05, 3.63) is 193 Å². The van der Waals surface area contributed by atoms with Crippen LogP contribution in [-0.2, 0) is 5.41 Å². The highest BCUT2D eigenvalue weighted by Crippen LogP contribution is 2.55. The van der Waals surface area contributed by atoms with Crippen LogP contribution in [-0.4, -0.2) is 19.5 Å². The van der Waals surface area contributed by atoms with Gasteiger partial charge in [-0.3, -0.25) is 0 Å². The second kappa shape index (κ2) is 11.5. The lowest BCUT2D eigenvalue weighted by atomic mass is 9.74. The van der Waals surface area contributed by atoms with Gasteiger partial charge in [-0.15, -0.1) is 0 Å². The Morgan fingerprint density at radius 2 is 0.961 bits per heavy atom. The lowest BCUT2D eigenvalue weighted by Crippen LogP contribution is -2.22. The van der Waals surface area contributed by atoms with E-state index >= 15 is 0 Å². The normalized spacial score (nSPS) is 14.8. The van der Waals surface area contributed by atoms with E-state index in [1.807, 2.05) is 60.7 Å². The summed E-state index contributed by atoms with van der Waals surface area (Å²) in [5.74, 6) is 1.95. The van der Waals surface area contributed by atoms with E-state index in [-0.39, 0.29) is 5.41 Å². The van der Waals surface area contributed by atoms with Crippen molar-refractivity contribution in [2.24, 2.45) is 0 Å². The number of para-hydroxylation sites is 1. The molecule has 1 unspecified atom stereocenters. The van der Waals surface area contributed by atoms with E-state index in [9.17, 15) is 0 Å². The summed E-state index contributed by atoms with van der Waals surface area (Å²) in [5.41, 5.74) is 12.6. The van der Waals surface area contributed by atoms with E-state index in [1.165, 1.54) is 49.6 Å². The van der Waals surface area contributed by atoms with Gasteiger partial charge in [0.15, 0.2) is 17.5 Å². The van der Waals surface area contributed by atoms with Crippen LogP contribution < -0.4 is 0 Å². The van der Waals surface area contributed by atoms with Gasteiger partial charge in [0.2, 0.25) is 0 Å². The number of aromatic nitrogens is 4. The summed E-state index contributed by atoms with van der Waals surface area (Å²) in [7, 11) is 0. The molecule has 9 aromatic rings. The molecule has 1 atom stereocenters. The summed E-state index contributed by atoms with van der Waals surface area (Å²) in [6, 6.07) is 62.2. The Kier molecular flexibility index (Phi) is 6.58. The number of hydrogen-bond acceptors (Lipinski definition) is 3. The molecule has 4 nitrogen and oxygen atoms in total. The molecule has 0 bridgehead atoms. The molecule has 10 rings (SSSR count). The molecule has 0 saturated heterocycles. The molecule has 0 saturated carbocycles. The van der Waals surface area contributed by atoms with Crippen molar-refractivity contribution in [1.82, 2.24) is 19.5 Å². The Labute approximate surface area is 296 Å². The van der Waals surface area contributed by atoms with Gasteiger partial charge in [-0.1, -0.05) is 146 Å². The highest BCUT2D eigenvalue weighted by atomic mass is 15.0.